The minimum Gasteiger partial charge on any atom is -0.481 e. The van der Waals surface area contributed by atoms with Crippen molar-refractivity contribution in [3.8, 4) is 0 Å². The molecule has 1 aromatic heterocycles. The number of carboxylic acids is 1. The molecular formula is C9H15N5O3. The highest BCUT2D eigenvalue weighted by atomic mass is 16.4. The number of amides is 2. The number of nitrogens with zero attached hydrogens (tertiary/aromatic N) is 4. The Balaban J connectivity index is 2.55. The van der Waals surface area contributed by atoms with Crippen molar-refractivity contribution < 1.29 is 14.7 Å². The molecule has 1 rings (SSSR count). The highest BCUT2D eigenvalue weighted by Crippen LogP contribution is 2.01. The molecule has 0 saturated heterocycles. The number of carbonyl (C=O) groups is 2. The number of urea groups is 1. The first-order valence-electron chi connectivity index (χ1n) is 5.16. The van der Waals surface area contributed by atoms with E-state index in [9.17, 15) is 9.59 Å². The summed E-state index contributed by atoms with van der Waals surface area (Å²) in [6, 6.07) is -0.384. The highest BCUT2D eigenvalue weighted by molar-refractivity contribution is 5.87. The number of aliphatic carboxylic acids is 1. The lowest BCUT2D eigenvalue weighted by atomic mass is 10.4. The van der Waals surface area contributed by atoms with E-state index in [1.165, 1.54) is 15.9 Å². The van der Waals surface area contributed by atoms with Gasteiger partial charge in [0.2, 0.25) is 5.95 Å². The van der Waals surface area contributed by atoms with Gasteiger partial charge in [-0.15, -0.1) is 0 Å². The van der Waals surface area contributed by atoms with Gasteiger partial charge in [-0.1, -0.05) is 0 Å². The van der Waals surface area contributed by atoms with Crippen molar-refractivity contribution >= 4 is 17.9 Å². The maximum absolute atomic E-state index is 11.7. The van der Waals surface area contributed by atoms with Gasteiger partial charge in [-0.2, -0.15) is 10.1 Å². The van der Waals surface area contributed by atoms with Crippen LogP contribution in [-0.2, 0) is 11.8 Å². The Kier molecular flexibility index (Phi) is 4.44. The van der Waals surface area contributed by atoms with E-state index in [4.69, 9.17) is 5.11 Å². The van der Waals surface area contributed by atoms with Crippen LogP contribution in [0.4, 0.5) is 10.7 Å². The standard InChI is InChI=1S/C9H15N5O3/c1-3-14(5-4-7(15)16)9(17)12-8-10-6-11-13(8)2/h6H,3-5H2,1-2H3,(H,15,16)(H,10,11,12,17). The summed E-state index contributed by atoms with van der Waals surface area (Å²) in [6.45, 7) is 2.37. The number of aromatic nitrogens is 3. The zero-order chi connectivity index (χ0) is 12.8. The maximum atomic E-state index is 11.7. The van der Waals surface area contributed by atoms with Crippen molar-refractivity contribution in [2.75, 3.05) is 18.4 Å². The van der Waals surface area contributed by atoms with Crippen LogP contribution in [0.1, 0.15) is 13.3 Å². The fourth-order valence-corrected chi connectivity index (χ4v) is 1.22. The summed E-state index contributed by atoms with van der Waals surface area (Å²) in [5, 5.41) is 14.9. The smallest absolute Gasteiger partial charge is 0.324 e. The fourth-order valence-electron chi connectivity index (χ4n) is 1.22. The van der Waals surface area contributed by atoms with Gasteiger partial charge in [0, 0.05) is 20.1 Å². The quantitative estimate of drug-likeness (QED) is 0.763. The van der Waals surface area contributed by atoms with Gasteiger partial charge < -0.3 is 10.0 Å². The Bertz CT molecular complexity index is 403. The van der Waals surface area contributed by atoms with Gasteiger partial charge in [0.1, 0.15) is 6.33 Å². The molecule has 2 N–H and O–H groups in total. The monoisotopic (exact) mass is 241 g/mol. The Morgan fingerprint density at radius 2 is 2.29 bits per heavy atom. The average molecular weight is 241 g/mol. The second kappa shape index (κ2) is 5.83. The molecule has 2 amide bonds. The van der Waals surface area contributed by atoms with Crippen molar-refractivity contribution in [2.24, 2.45) is 7.05 Å². The molecule has 0 spiro atoms. The molecule has 0 fully saturated rings. The van der Waals surface area contributed by atoms with Crippen LogP contribution < -0.4 is 5.32 Å². The van der Waals surface area contributed by atoms with Crippen molar-refractivity contribution in [3.05, 3.63) is 6.33 Å². The van der Waals surface area contributed by atoms with Crippen molar-refractivity contribution in [1.82, 2.24) is 19.7 Å². The zero-order valence-corrected chi connectivity index (χ0v) is 9.75. The summed E-state index contributed by atoms with van der Waals surface area (Å²) in [5.74, 6) is -0.612. The van der Waals surface area contributed by atoms with Crippen molar-refractivity contribution in [1.29, 1.82) is 0 Å². The molecule has 1 heterocycles. The fraction of sp³-hybridized carbons (Fsp3) is 0.556. The Labute approximate surface area is 98.2 Å². The van der Waals surface area contributed by atoms with E-state index in [1.807, 2.05) is 0 Å². The van der Waals surface area contributed by atoms with E-state index < -0.39 is 5.97 Å². The third-order valence-electron chi connectivity index (χ3n) is 2.19. The predicted octanol–water partition coefficient (Wildman–Crippen LogP) is 0.144. The summed E-state index contributed by atoms with van der Waals surface area (Å²) >= 11 is 0. The van der Waals surface area contributed by atoms with Crippen LogP contribution >= 0.6 is 0 Å². The first kappa shape index (κ1) is 12.9. The van der Waals surface area contributed by atoms with Gasteiger partial charge in [0.25, 0.3) is 0 Å². The lowest BCUT2D eigenvalue weighted by molar-refractivity contribution is -0.137. The Morgan fingerprint density at radius 3 is 2.76 bits per heavy atom. The Hall–Kier alpha value is -2.12. The van der Waals surface area contributed by atoms with Crippen LogP contribution in [0.15, 0.2) is 6.33 Å². The van der Waals surface area contributed by atoms with E-state index in [0.29, 0.717) is 12.5 Å². The molecule has 0 aliphatic heterocycles. The topological polar surface area (TPSA) is 100 Å². The molecule has 0 saturated carbocycles. The number of hydrogen-bond acceptors (Lipinski definition) is 4. The van der Waals surface area contributed by atoms with E-state index in [-0.39, 0.29) is 19.0 Å². The second-order valence-corrected chi connectivity index (χ2v) is 3.36. The van der Waals surface area contributed by atoms with Gasteiger partial charge in [-0.05, 0) is 6.92 Å². The first-order valence-corrected chi connectivity index (χ1v) is 5.16. The molecule has 0 aliphatic carbocycles. The summed E-state index contributed by atoms with van der Waals surface area (Å²) in [6.07, 6.45) is 1.24. The number of hydrogen-bond donors (Lipinski definition) is 2. The molecule has 17 heavy (non-hydrogen) atoms. The van der Waals surface area contributed by atoms with Crippen molar-refractivity contribution in [2.45, 2.75) is 13.3 Å². The minimum atomic E-state index is -0.935. The molecule has 1 aromatic rings. The SMILES string of the molecule is CCN(CCC(=O)O)C(=O)Nc1ncnn1C. The lowest BCUT2D eigenvalue weighted by Crippen LogP contribution is -2.37. The number of rotatable bonds is 5. The van der Waals surface area contributed by atoms with Gasteiger partial charge in [-0.25, -0.2) is 9.48 Å². The van der Waals surface area contributed by atoms with Crippen LogP contribution in [0.25, 0.3) is 0 Å². The highest BCUT2D eigenvalue weighted by Gasteiger charge is 2.14. The molecule has 94 valence electrons. The van der Waals surface area contributed by atoms with E-state index >= 15 is 0 Å². The van der Waals surface area contributed by atoms with Gasteiger partial charge in [0.05, 0.1) is 6.42 Å². The summed E-state index contributed by atoms with van der Waals surface area (Å²) in [7, 11) is 1.65. The van der Waals surface area contributed by atoms with E-state index in [1.54, 1.807) is 14.0 Å². The Morgan fingerprint density at radius 1 is 1.59 bits per heavy atom. The largest absolute Gasteiger partial charge is 0.481 e. The molecule has 0 bridgehead atoms. The molecular weight excluding hydrogens is 226 g/mol. The first-order chi connectivity index (χ1) is 8.04. The van der Waals surface area contributed by atoms with Gasteiger partial charge >= 0.3 is 12.0 Å². The van der Waals surface area contributed by atoms with Crippen LogP contribution in [-0.4, -0.2) is 49.9 Å². The van der Waals surface area contributed by atoms with E-state index in [0.717, 1.165) is 0 Å². The number of aryl methyl sites for hydroxylation is 1. The van der Waals surface area contributed by atoms with E-state index in [2.05, 4.69) is 15.4 Å². The minimum absolute atomic E-state index is 0.0833. The van der Waals surface area contributed by atoms with Crippen LogP contribution in [0.2, 0.25) is 0 Å². The molecule has 0 atom stereocenters. The summed E-state index contributed by atoms with van der Waals surface area (Å²) < 4.78 is 1.42. The number of nitrogens with one attached hydrogen (secondary N) is 1. The van der Waals surface area contributed by atoms with Crippen LogP contribution in [0.5, 0.6) is 0 Å². The number of carbonyl (C=O) groups excluding carboxylic acids is 1. The second-order valence-electron chi connectivity index (χ2n) is 3.36. The molecule has 8 heteroatoms. The molecule has 0 unspecified atom stereocenters. The molecule has 0 aromatic carbocycles. The number of anilines is 1. The van der Waals surface area contributed by atoms with Crippen LogP contribution in [0, 0.1) is 0 Å². The zero-order valence-electron chi connectivity index (χ0n) is 9.75. The van der Waals surface area contributed by atoms with Gasteiger partial charge in [0.15, 0.2) is 0 Å². The molecule has 8 nitrogen and oxygen atoms in total. The summed E-state index contributed by atoms with van der Waals surface area (Å²) in [5.41, 5.74) is 0. The number of carboxylic acid groups (broad SMARTS) is 1. The van der Waals surface area contributed by atoms with Gasteiger partial charge in [-0.3, -0.25) is 10.1 Å². The third kappa shape index (κ3) is 3.74. The predicted molar refractivity (Wildman–Crippen MR) is 59.5 cm³/mol. The van der Waals surface area contributed by atoms with Crippen molar-refractivity contribution in [3.63, 3.8) is 0 Å². The third-order valence-corrected chi connectivity index (χ3v) is 2.19. The van der Waals surface area contributed by atoms with Crippen LogP contribution in [0.3, 0.4) is 0 Å². The maximum Gasteiger partial charge on any atom is 0.324 e. The lowest BCUT2D eigenvalue weighted by Gasteiger charge is -2.19. The molecule has 0 aliphatic rings. The molecule has 0 radical (unpaired) electrons. The normalized spacial score (nSPS) is 10.0. The summed E-state index contributed by atoms with van der Waals surface area (Å²) in [4.78, 5) is 27.4. The average Bonchev–Trinajstić information content (AvgIpc) is 2.65.